The van der Waals surface area contributed by atoms with Crippen molar-refractivity contribution in [3.63, 3.8) is 0 Å². The number of hydrogen-bond donors (Lipinski definition) is 1. The third kappa shape index (κ3) is 5.31. The number of ether oxygens (including phenoxy) is 3. The van der Waals surface area contributed by atoms with E-state index in [4.69, 9.17) is 14.2 Å². The van der Waals surface area contributed by atoms with Gasteiger partial charge in [0.05, 0.1) is 19.3 Å². The number of allylic oxidation sites excluding steroid dienone is 3. The van der Waals surface area contributed by atoms with Gasteiger partial charge in [0.15, 0.2) is 17.3 Å². The zero-order valence-electron chi connectivity index (χ0n) is 19.4. The molecule has 0 bridgehead atoms. The van der Waals surface area contributed by atoms with Crippen LogP contribution < -0.4 is 14.8 Å². The van der Waals surface area contributed by atoms with E-state index in [0.29, 0.717) is 42.3 Å². The van der Waals surface area contributed by atoms with Crippen molar-refractivity contribution in [2.45, 2.75) is 52.4 Å². The van der Waals surface area contributed by atoms with Crippen molar-refractivity contribution in [3.8, 4) is 11.5 Å². The van der Waals surface area contributed by atoms with Crippen molar-refractivity contribution in [2.24, 2.45) is 0 Å². The summed E-state index contributed by atoms with van der Waals surface area (Å²) in [6.45, 7) is 6.92. The van der Waals surface area contributed by atoms with E-state index in [1.165, 1.54) is 0 Å². The van der Waals surface area contributed by atoms with Gasteiger partial charge in [0, 0.05) is 35.1 Å². The molecule has 0 aromatic heterocycles. The van der Waals surface area contributed by atoms with E-state index in [9.17, 15) is 9.59 Å². The Morgan fingerprint density at radius 3 is 2.72 bits per heavy atom. The molecule has 1 atom stereocenters. The first-order valence-electron chi connectivity index (χ1n) is 11.3. The highest BCUT2D eigenvalue weighted by Crippen LogP contribution is 2.44. The summed E-state index contributed by atoms with van der Waals surface area (Å²) in [5, 5.41) is 3.33. The summed E-state index contributed by atoms with van der Waals surface area (Å²) in [6.07, 6.45) is 2.98. The van der Waals surface area contributed by atoms with Crippen molar-refractivity contribution in [3.05, 3.63) is 46.3 Å². The lowest BCUT2D eigenvalue weighted by molar-refractivity contribution is -0.138. The van der Waals surface area contributed by atoms with Crippen LogP contribution in [-0.2, 0) is 14.3 Å². The molecule has 32 heavy (non-hydrogen) atoms. The quantitative estimate of drug-likeness (QED) is 0.400. The van der Waals surface area contributed by atoms with Gasteiger partial charge in [-0.05, 0) is 49.6 Å². The van der Waals surface area contributed by atoms with E-state index in [2.05, 4.69) is 12.2 Å². The molecule has 1 aromatic rings. The van der Waals surface area contributed by atoms with Crippen LogP contribution in [0.25, 0.3) is 0 Å². The number of ketones is 1. The van der Waals surface area contributed by atoms with E-state index in [-0.39, 0.29) is 11.8 Å². The third-order valence-corrected chi connectivity index (χ3v) is 6.51. The molecule has 0 saturated carbocycles. The second-order valence-corrected chi connectivity index (χ2v) is 9.25. The lowest BCUT2D eigenvalue weighted by atomic mass is 9.75. The predicted octanol–water partition coefficient (Wildman–Crippen LogP) is 4.75. The Hall–Kier alpha value is -2.41. The maximum absolute atomic E-state index is 13.2. The number of methoxy groups -OCH3 is 1. The molecular weight excluding hydrogens is 426 g/mol. The summed E-state index contributed by atoms with van der Waals surface area (Å²) in [5.74, 6) is 2.17. The van der Waals surface area contributed by atoms with Crippen LogP contribution in [0, 0.1) is 0 Å². The fourth-order valence-electron chi connectivity index (χ4n) is 4.20. The standard InChI is InChI=1S/C25H33NO5S/c1-5-12-30-20-11-10-17(15-21(20)29-4)23-22(25(28)31-13-14-32-6-2)16(3)26-18-8-7-9-19(27)24(18)23/h10-11,15,23,26H,5-9,12-14H2,1-4H3. The Kier molecular flexibility index (Phi) is 8.67. The van der Waals surface area contributed by atoms with Crippen molar-refractivity contribution < 1.29 is 23.8 Å². The number of Topliss-reactive ketones (excluding diaryl/α,β-unsaturated/α-hetero) is 1. The SMILES string of the molecule is CCCOc1ccc(C2C(C(=O)OCCSCC)=C(C)NC3=C2C(=O)CCC3)cc1OC. The average molecular weight is 460 g/mol. The monoisotopic (exact) mass is 459 g/mol. The van der Waals surface area contributed by atoms with Gasteiger partial charge in [-0.15, -0.1) is 0 Å². The number of rotatable bonds is 10. The van der Waals surface area contributed by atoms with Crippen LogP contribution in [0.15, 0.2) is 40.7 Å². The minimum absolute atomic E-state index is 0.0772. The first-order valence-corrected chi connectivity index (χ1v) is 12.5. The molecule has 3 rings (SSSR count). The van der Waals surface area contributed by atoms with Gasteiger partial charge >= 0.3 is 5.97 Å². The van der Waals surface area contributed by atoms with Crippen LogP contribution in [0.3, 0.4) is 0 Å². The van der Waals surface area contributed by atoms with E-state index >= 15 is 0 Å². The first-order chi connectivity index (χ1) is 15.5. The molecule has 0 spiro atoms. The fourth-order valence-corrected chi connectivity index (χ4v) is 4.69. The number of esters is 1. The van der Waals surface area contributed by atoms with Gasteiger partial charge in [-0.3, -0.25) is 4.79 Å². The van der Waals surface area contributed by atoms with E-state index < -0.39 is 5.92 Å². The van der Waals surface area contributed by atoms with Crippen molar-refractivity contribution >= 4 is 23.5 Å². The van der Waals surface area contributed by atoms with Crippen molar-refractivity contribution in [1.29, 1.82) is 0 Å². The molecule has 1 aliphatic carbocycles. The molecule has 1 N–H and O–H groups in total. The lowest BCUT2D eigenvalue weighted by Crippen LogP contribution is -2.34. The number of benzene rings is 1. The maximum Gasteiger partial charge on any atom is 0.336 e. The minimum atomic E-state index is -0.487. The van der Waals surface area contributed by atoms with Crippen LogP contribution in [0.5, 0.6) is 11.5 Å². The van der Waals surface area contributed by atoms with E-state index in [1.807, 2.05) is 32.0 Å². The zero-order valence-corrected chi connectivity index (χ0v) is 20.2. The Labute approximate surface area is 194 Å². The smallest absolute Gasteiger partial charge is 0.336 e. The molecule has 0 amide bonds. The van der Waals surface area contributed by atoms with Gasteiger partial charge in [0.2, 0.25) is 0 Å². The summed E-state index contributed by atoms with van der Waals surface area (Å²) in [5.41, 5.74) is 3.63. The summed E-state index contributed by atoms with van der Waals surface area (Å²) < 4.78 is 17.0. The third-order valence-electron chi connectivity index (χ3n) is 5.64. The van der Waals surface area contributed by atoms with Crippen LogP contribution in [0.1, 0.15) is 57.9 Å². The van der Waals surface area contributed by atoms with E-state index in [0.717, 1.165) is 47.7 Å². The second kappa shape index (κ2) is 11.5. The molecule has 2 aliphatic rings. The Balaban J connectivity index is 2.01. The van der Waals surface area contributed by atoms with Gasteiger partial charge in [-0.1, -0.05) is 19.9 Å². The molecule has 1 unspecified atom stereocenters. The van der Waals surface area contributed by atoms with Crippen molar-refractivity contribution in [1.82, 2.24) is 5.32 Å². The van der Waals surface area contributed by atoms with Gasteiger partial charge in [-0.2, -0.15) is 11.8 Å². The average Bonchev–Trinajstić information content (AvgIpc) is 2.79. The largest absolute Gasteiger partial charge is 0.493 e. The zero-order chi connectivity index (χ0) is 23.1. The molecule has 7 heteroatoms. The maximum atomic E-state index is 13.2. The molecule has 1 aliphatic heterocycles. The summed E-state index contributed by atoms with van der Waals surface area (Å²) in [7, 11) is 1.60. The Morgan fingerprint density at radius 1 is 1.19 bits per heavy atom. The number of nitrogens with one attached hydrogen (secondary N) is 1. The van der Waals surface area contributed by atoms with Crippen LogP contribution in [0.2, 0.25) is 0 Å². The first kappa shape index (κ1) is 24.2. The number of dihydropyridines is 1. The molecule has 0 fully saturated rings. The highest BCUT2D eigenvalue weighted by molar-refractivity contribution is 7.99. The Morgan fingerprint density at radius 2 is 2.00 bits per heavy atom. The number of thioether (sulfide) groups is 1. The number of carbonyl (C=O) groups excluding carboxylic acids is 2. The number of carbonyl (C=O) groups is 2. The van der Waals surface area contributed by atoms with Gasteiger partial charge < -0.3 is 19.5 Å². The Bertz CT molecular complexity index is 921. The van der Waals surface area contributed by atoms with Gasteiger partial charge in [0.1, 0.15) is 6.61 Å². The summed E-state index contributed by atoms with van der Waals surface area (Å²) >= 11 is 1.72. The predicted molar refractivity (Wildman–Crippen MR) is 127 cm³/mol. The van der Waals surface area contributed by atoms with Crippen molar-refractivity contribution in [2.75, 3.05) is 31.8 Å². The molecule has 1 aromatic carbocycles. The fraction of sp³-hybridized carbons (Fsp3) is 0.520. The molecule has 0 radical (unpaired) electrons. The van der Waals surface area contributed by atoms with Crippen LogP contribution >= 0.6 is 11.8 Å². The molecule has 0 saturated heterocycles. The summed E-state index contributed by atoms with van der Waals surface area (Å²) in [6, 6.07) is 5.65. The van der Waals surface area contributed by atoms with Crippen LogP contribution in [-0.4, -0.2) is 43.6 Å². The normalized spacial score (nSPS) is 18.2. The van der Waals surface area contributed by atoms with Crippen LogP contribution in [0.4, 0.5) is 0 Å². The molecule has 1 heterocycles. The van der Waals surface area contributed by atoms with Gasteiger partial charge in [-0.25, -0.2) is 4.79 Å². The summed E-state index contributed by atoms with van der Waals surface area (Å²) in [4.78, 5) is 26.2. The van der Waals surface area contributed by atoms with E-state index in [1.54, 1.807) is 18.9 Å². The second-order valence-electron chi connectivity index (χ2n) is 7.86. The molecular formula is C25H33NO5S. The highest BCUT2D eigenvalue weighted by Gasteiger charge is 2.39. The molecule has 6 nitrogen and oxygen atoms in total. The van der Waals surface area contributed by atoms with Gasteiger partial charge in [0.25, 0.3) is 0 Å². The molecule has 174 valence electrons. The topological polar surface area (TPSA) is 73.9 Å². The highest BCUT2D eigenvalue weighted by atomic mass is 32.2. The lowest BCUT2D eigenvalue weighted by Gasteiger charge is -2.34. The number of hydrogen-bond acceptors (Lipinski definition) is 7. The minimum Gasteiger partial charge on any atom is -0.493 e.